The van der Waals surface area contributed by atoms with E-state index < -0.39 is 5.82 Å². The van der Waals surface area contributed by atoms with Crippen molar-refractivity contribution in [3.8, 4) is 0 Å². The van der Waals surface area contributed by atoms with Crippen molar-refractivity contribution in [3.05, 3.63) is 21.9 Å². The number of nitrogens with zero attached hydrogens (tertiary/aromatic N) is 2. The van der Waals surface area contributed by atoms with Gasteiger partial charge >= 0.3 is 0 Å². The Hall–Kier alpha value is -0.410. The molecule has 0 aliphatic carbocycles. The van der Waals surface area contributed by atoms with Crippen LogP contribution in [0, 0.1) is 11.7 Å². The first kappa shape index (κ1) is 11.7. The maximum Gasteiger partial charge on any atom is 0.197 e. The zero-order valence-corrected chi connectivity index (χ0v) is 9.53. The van der Waals surface area contributed by atoms with Crippen LogP contribution in [0.4, 0.5) is 4.39 Å². The predicted octanol–water partition coefficient (Wildman–Crippen LogP) is 3.51. The molecule has 0 unspecified atom stereocenters. The molecule has 0 saturated heterocycles. The summed E-state index contributed by atoms with van der Waals surface area (Å²) in [5, 5.41) is -0.410. The highest BCUT2D eigenvalue weighted by atomic mass is 35.5. The van der Waals surface area contributed by atoms with Crippen LogP contribution in [0.2, 0.25) is 10.3 Å². The molecule has 5 heteroatoms. The average molecular weight is 237 g/mol. The number of rotatable bonds is 3. The second kappa shape index (κ2) is 4.89. The minimum absolute atomic E-state index is 0.205. The van der Waals surface area contributed by atoms with E-state index in [4.69, 9.17) is 23.2 Å². The maximum absolute atomic E-state index is 12.9. The minimum Gasteiger partial charge on any atom is -0.218 e. The van der Waals surface area contributed by atoms with Crippen LogP contribution in [0.15, 0.2) is 0 Å². The molecule has 14 heavy (non-hydrogen) atoms. The van der Waals surface area contributed by atoms with Crippen LogP contribution in [0.25, 0.3) is 0 Å². The van der Waals surface area contributed by atoms with Crippen molar-refractivity contribution in [1.29, 1.82) is 0 Å². The van der Waals surface area contributed by atoms with Gasteiger partial charge in [-0.25, -0.2) is 14.4 Å². The van der Waals surface area contributed by atoms with Gasteiger partial charge in [0.25, 0.3) is 0 Å². The lowest BCUT2D eigenvalue weighted by molar-refractivity contribution is 0.566. The van der Waals surface area contributed by atoms with Gasteiger partial charge in [-0.05, 0) is 12.3 Å². The molecular formula is C9H11Cl2FN2. The van der Waals surface area contributed by atoms with Crippen molar-refractivity contribution >= 4 is 23.2 Å². The molecule has 0 radical (unpaired) electrons. The van der Waals surface area contributed by atoms with E-state index >= 15 is 0 Å². The van der Waals surface area contributed by atoms with Gasteiger partial charge in [-0.1, -0.05) is 37.0 Å². The molecule has 1 rings (SSSR count). The van der Waals surface area contributed by atoms with E-state index in [0.717, 1.165) is 6.42 Å². The fraction of sp³-hybridized carbons (Fsp3) is 0.556. The first-order valence-corrected chi connectivity index (χ1v) is 5.13. The summed E-state index contributed by atoms with van der Waals surface area (Å²) >= 11 is 11.0. The third kappa shape index (κ3) is 3.07. The second-order valence-electron chi connectivity index (χ2n) is 3.47. The quantitative estimate of drug-likeness (QED) is 0.751. The average Bonchev–Trinajstić information content (AvgIpc) is 2.10. The van der Waals surface area contributed by atoms with Gasteiger partial charge < -0.3 is 0 Å². The van der Waals surface area contributed by atoms with Crippen LogP contribution >= 0.6 is 23.2 Å². The number of hydrogen-bond donors (Lipinski definition) is 0. The SMILES string of the molecule is CC(C)CCc1nc(Cl)c(F)c(Cl)n1. The molecule has 0 spiro atoms. The summed E-state index contributed by atoms with van der Waals surface area (Å²) in [7, 11) is 0. The number of hydrogen-bond acceptors (Lipinski definition) is 2. The van der Waals surface area contributed by atoms with Crippen LogP contribution in [-0.2, 0) is 6.42 Å². The monoisotopic (exact) mass is 236 g/mol. The third-order valence-corrected chi connectivity index (χ3v) is 2.26. The van der Waals surface area contributed by atoms with Crippen LogP contribution in [0.3, 0.4) is 0 Å². The molecule has 0 bridgehead atoms. The molecule has 2 nitrogen and oxygen atoms in total. The molecule has 1 aromatic heterocycles. The highest BCUT2D eigenvalue weighted by Crippen LogP contribution is 2.19. The van der Waals surface area contributed by atoms with Gasteiger partial charge in [0, 0.05) is 6.42 Å². The molecule has 0 atom stereocenters. The zero-order valence-electron chi connectivity index (χ0n) is 8.02. The van der Waals surface area contributed by atoms with Gasteiger partial charge in [0.05, 0.1) is 0 Å². The van der Waals surface area contributed by atoms with E-state index in [1.807, 2.05) is 0 Å². The Morgan fingerprint density at radius 1 is 1.21 bits per heavy atom. The lowest BCUT2D eigenvalue weighted by Gasteiger charge is -2.04. The normalized spacial score (nSPS) is 11.0. The second-order valence-corrected chi connectivity index (χ2v) is 4.18. The first-order chi connectivity index (χ1) is 6.50. The van der Waals surface area contributed by atoms with Gasteiger partial charge in [0.15, 0.2) is 16.1 Å². The molecule has 0 aliphatic heterocycles. The lowest BCUT2D eigenvalue weighted by Crippen LogP contribution is -2.01. The fourth-order valence-corrected chi connectivity index (χ4v) is 1.39. The lowest BCUT2D eigenvalue weighted by atomic mass is 10.1. The van der Waals surface area contributed by atoms with Crippen LogP contribution < -0.4 is 0 Å². The molecule has 0 aliphatic rings. The Bertz CT molecular complexity index is 306. The third-order valence-electron chi connectivity index (χ3n) is 1.76. The van der Waals surface area contributed by atoms with Crippen molar-refractivity contribution in [3.63, 3.8) is 0 Å². The zero-order chi connectivity index (χ0) is 10.7. The summed E-state index contributed by atoms with van der Waals surface area (Å²) in [6.45, 7) is 4.18. The van der Waals surface area contributed by atoms with Crippen molar-refractivity contribution in [1.82, 2.24) is 9.97 Å². The van der Waals surface area contributed by atoms with E-state index in [2.05, 4.69) is 23.8 Å². The maximum atomic E-state index is 12.9. The Morgan fingerprint density at radius 2 is 1.71 bits per heavy atom. The minimum atomic E-state index is -0.748. The molecule has 0 fully saturated rings. The molecule has 0 N–H and O–H groups in total. The molecule has 0 aromatic carbocycles. The Morgan fingerprint density at radius 3 is 2.14 bits per heavy atom. The molecule has 1 heterocycles. The largest absolute Gasteiger partial charge is 0.218 e. The van der Waals surface area contributed by atoms with Gasteiger partial charge in [0.2, 0.25) is 0 Å². The number of aryl methyl sites for hydroxylation is 1. The van der Waals surface area contributed by atoms with E-state index in [1.54, 1.807) is 0 Å². The fourth-order valence-electron chi connectivity index (χ4n) is 0.964. The molecule has 0 saturated carbocycles. The first-order valence-electron chi connectivity index (χ1n) is 4.38. The van der Waals surface area contributed by atoms with Crippen molar-refractivity contribution in [2.24, 2.45) is 5.92 Å². The predicted molar refractivity (Wildman–Crippen MR) is 55.2 cm³/mol. The van der Waals surface area contributed by atoms with Crippen LogP contribution in [0.5, 0.6) is 0 Å². The summed E-state index contributed by atoms with van der Waals surface area (Å²) in [6, 6.07) is 0. The summed E-state index contributed by atoms with van der Waals surface area (Å²) < 4.78 is 12.9. The van der Waals surface area contributed by atoms with Gasteiger partial charge in [-0.2, -0.15) is 0 Å². The van der Waals surface area contributed by atoms with Gasteiger partial charge in [-0.3, -0.25) is 0 Å². The molecule has 78 valence electrons. The smallest absolute Gasteiger partial charge is 0.197 e. The molecule has 0 amide bonds. The summed E-state index contributed by atoms with van der Waals surface area (Å²) in [6.07, 6.45) is 1.59. The Balaban J connectivity index is 2.79. The molecule has 1 aromatic rings. The van der Waals surface area contributed by atoms with Crippen LogP contribution in [-0.4, -0.2) is 9.97 Å². The van der Waals surface area contributed by atoms with E-state index in [-0.39, 0.29) is 10.3 Å². The summed E-state index contributed by atoms with van der Waals surface area (Å²) in [4.78, 5) is 7.60. The van der Waals surface area contributed by atoms with Crippen molar-refractivity contribution < 1.29 is 4.39 Å². The standard InChI is InChI=1S/C9H11Cl2FN2/c1-5(2)3-4-6-13-8(10)7(12)9(11)14-6/h5H,3-4H2,1-2H3. The van der Waals surface area contributed by atoms with Gasteiger partial charge in [-0.15, -0.1) is 0 Å². The number of halogens is 3. The van der Waals surface area contributed by atoms with E-state index in [9.17, 15) is 4.39 Å². The van der Waals surface area contributed by atoms with Crippen molar-refractivity contribution in [2.75, 3.05) is 0 Å². The summed E-state index contributed by atoms with van der Waals surface area (Å²) in [5.74, 6) is 0.290. The Kier molecular flexibility index (Phi) is 4.08. The highest BCUT2D eigenvalue weighted by molar-refractivity contribution is 6.33. The number of aromatic nitrogens is 2. The van der Waals surface area contributed by atoms with Gasteiger partial charge in [0.1, 0.15) is 5.82 Å². The summed E-state index contributed by atoms with van der Waals surface area (Å²) in [5.41, 5.74) is 0. The van der Waals surface area contributed by atoms with Crippen molar-refractivity contribution in [2.45, 2.75) is 26.7 Å². The Labute approximate surface area is 92.5 Å². The van der Waals surface area contributed by atoms with Crippen LogP contribution in [0.1, 0.15) is 26.1 Å². The van der Waals surface area contributed by atoms with E-state index in [0.29, 0.717) is 18.2 Å². The molecular weight excluding hydrogens is 226 g/mol. The van der Waals surface area contributed by atoms with E-state index in [1.165, 1.54) is 0 Å². The topological polar surface area (TPSA) is 25.8 Å². The highest BCUT2D eigenvalue weighted by Gasteiger charge is 2.10.